The molecule has 0 spiro atoms. The number of nitrogens with zero attached hydrogens (tertiary/aromatic N) is 1. The number of ether oxygens (including phenoxy) is 1. The second-order valence-corrected chi connectivity index (χ2v) is 6.07. The first kappa shape index (κ1) is 14.2. The summed E-state index contributed by atoms with van der Waals surface area (Å²) in [6.07, 6.45) is 2.25. The topological polar surface area (TPSA) is 12.5 Å². The number of methoxy groups -OCH3 is 1. The number of benzene rings is 1. The number of hydrogen-bond acceptors (Lipinski definition) is 2. The average molecular weight is 333 g/mol. The Bertz CT molecular complexity index is 426. The van der Waals surface area contributed by atoms with Crippen molar-refractivity contribution >= 4 is 33.2 Å². The standard InChI is InChI=1S/C14H19BrClNO/c1-14(18-2)6-3-7-17(10-14)13-5-4-11(9-15)8-12(13)16/h4-5,8H,3,6-7,9-10H2,1-2H3. The summed E-state index contributed by atoms with van der Waals surface area (Å²) in [6.45, 7) is 4.11. The first-order chi connectivity index (χ1) is 8.58. The van der Waals surface area contributed by atoms with E-state index < -0.39 is 0 Å². The predicted molar refractivity (Wildman–Crippen MR) is 80.9 cm³/mol. The van der Waals surface area contributed by atoms with Gasteiger partial charge in [-0.3, -0.25) is 0 Å². The van der Waals surface area contributed by atoms with Crippen LogP contribution in [0.4, 0.5) is 5.69 Å². The molecule has 1 aliphatic rings. The van der Waals surface area contributed by atoms with Crippen molar-refractivity contribution in [1.82, 2.24) is 0 Å². The zero-order chi connectivity index (χ0) is 13.2. The summed E-state index contributed by atoms with van der Waals surface area (Å²) in [7, 11) is 1.79. The first-order valence-electron chi connectivity index (χ1n) is 6.22. The van der Waals surface area contributed by atoms with E-state index in [9.17, 15) is 0 Å². The lowest BCUT2D eigenvalue weighted by Crippen LogP contribution is -2.47. The Labute approximate surface area is 122 Å². The summed E-state index contributed by atoms with van der Waals surface area (Å²) in [5.41, 5.74) is 2.26. The molecular weight excluding hydrogens is 314 g/mol. The summed E-state index contributed by atoms with van der Waals surface area (Å²) in [5.74, 6) is 0. The van der Waals surface area contributed by atoms with E-state index in [4.69, 9.17) is 16.3 Å². The molecule has 1 aromatic rings. The maximum Gasteiger partial charge on any atom is 0.0825 e. The number of piperidine rings is 1. The zero-order valence-corrected chi connectivity index (χ0v) is 13.2. The predicted octanol–water partition coefficient (Wildman–Crippen LogP) is 4.24. The fraction of sp³-hybridized carbons (Fsp3) is 0.571. The molecular formula is C14H19BrClNO. The summed E-state index contributed by atoms with van der Waals surface area (Å²) in [6, 6.07) is 6.26. The molecule has 1 heterocycles. The Balaban J connectivity index is 2.21. The van der Waals surface area contributed by atoms with E-state index in [1.807, 2.05) is 6.07 Å². The Hall–Kier alpha value is -0.250. The fourth-order valence-corrected chi connectivity index (χ4v) is 3.14. The van der Waals surface area contributed by atoms with Crippen molar-refractivity contribution in [3.05, 3.63) is 28.8 Å². The van der Waals surface area contributed by atoms with Crippen LogP contribution in [0.2, 0.25) is 5.02 Å². The molecule has 0 aliphatic carbocycles. The molecule has 100 valence electrons. The highest BCUT2D eigenvalue weighted by atomic mass is 79.9. The highest BCUT2D eigenvalue weighted by Gasteiger charge is 2.31. The Morgan fingerprint density at radius 2 is 2.28 bits per heavy atom. The van der Waals surface area contributed by atoms with E-state index in [0.29, 0.717) is 0 Å². The van der Waals surface area contributed by atoms with Crippen molar-refractivity contribution in [2.24, 2.45) is 0 Å². The summed E-state index contributed by atoms with van der Waals surface area (Å²) < 4.78 is 5.62. The van der Waals surface area contributed by atoms with Crippen LogP contribution in [0, 0.1) is 0 Å². The van der Waals surface area contributed by atoms with Gasteiger partial charge in [-0.2, -0.15) is 0 Å². The second-order valence-electron chi connectivity index (χ2n) is 5.10. The van der Waals surface area contributed by atoms with Crippen molar-refractivity contribution in [3.63, 3.8) is 0 Å². The third-order valence-electron chi connectivity index (χ3n) is 3.66. The van der Waals surface area contributed by atoms with Crippen LogP contribution >= 0.6 is 27.5 Å². The van der Waals surface area contributed by atoms with E-state index in [0.717, 1.165) is 42.0 Å². The molecule has 0 aromatic heterocycles. The third-order valence-corrected chi connectivity index (χ3v) is 4.61. The SMILES string of the molecule is COC1(C)CCCN(c2ccc(CBr)cc2Cl)C1. The maximum absolute atomic E-state index is 6.37. The van der Waals surface area contributed by atoms with Crippen molar-refractivity contribution in [3.8, 4) is 0 Å². The summed E-state index contributed by atoms with van der Waals surface area (Å²) in [5, 5.41) is 1.66. The number of halogens is 2. The molecule has 0 radical (unpaired) electrons. The molecule has 2 nitrogen and oxygen atoms in total. The van der Waals surface area contributed by atoms with Gasteiger partial charge in [0.25, 0.3) is 0 Å². The zero-order valence-electron chi connectivity index (χ0n) is 10.9. The van der Waals surface area contributed by atoms with Crippen LogP contribution in [0.5, 0.6) is 0 Å². The Kier molecular flexibility index (Phi) is 4.57. The van der Waals surface area contributed by atoms with Gasteiger partial charge in [-0.15, -0.1) is 0 Å². The molecule has 0 saturated carbocycles. The molecule has 4 heteroatoms. The highest BCUT2D eigenvalue weighted by molar-refractivity contribution is 9.08. The lowest BCUT2D eigenvalue weighted by atomic mass is 9.94. The van der Waals surface area contributed by atoms with Gasteiger partial charge < -0.3 is 9.64 Å². The molecule has 1 aromatic carbocycles. The van der Waals surface area contributed by atoms with Crippen LogP contribution in [-0.4, -0.2) is 25.8 Å². The van der Waals surface area contributed by atoms with Crippen LogP contribution in [0.15, 0.2) is 18.2 Å². The van der Waals surface area contributed by atoms with E-state index >= 15 is 0 Å². The van der Waals surface area contributed by atoms with E-state index in [1.54, 1.807) is 7.11 Å². The largest absolute Gasteiger partial charge is 0.377 e. The molecule has 1 fully saturated rings. The average Bonchev–Trinajstić information content (AvgIpc) is 2.38. The molecule has 18 heavy (non-hydrogen) atoms. The quantitative estimate of drug-likeness (QED) is 0.768. The van der Waals surface area contributed by atoms with Crippen LogP contribution in [0.25, 0.3) is 0 Å². The minimum atomic E-state index is -0.0598. The van der Waals surface area contributed by atoms with Gasteiger partial charge in [0.2, 0.25) is 0 Å². The monoisotopic (exact) mass is 331 g/mol. The van der Waals surface area contributed by atoms with Gasteiger partial charge in [0.05, 0.1) is 16.3 Å². The van der Waals surface area contributed by atoms with Gasteiger partial charge in [-0.1, -0.05) is 33.6 Å². The minimum Gasteiger partial charge on any atom is -0.377 e. The van der Waals surface area contributed by atoms with Crippen LogP contribution in [0.3, 0.4) is 0 Å². The fourth-order valence-electron chi connectivity index (χ4n) is 2.47. The van der Waals surface area contributed by atoms with Crippen LogP contribution < -0.4 is 4.90 Å². The Morgan fingerprint density at radius 1 is 1.50 bits per heavy atom. The molecule has 0 N–H and O–H groups in total. The molecule has 1 aliphatic heterocycles. The molecule has 1 atom stereocenters. The van der Waals surface area contributed by atoms with E-state index in [1.165, 1.54) is 5.56 Å². The highest BCUT2D eigenvalue weighted by Crippen LogP contribution is 2.33. The molecule has 1 saturated heterocycles. The van der Waals surface area contributed by atoms with E-state index in [2.05, 4.69) is 39.9 Å². The van der Waals surface area contributed by atoms with Gasteiger partial charge >= 0.3 is 0 Å². The van der Waals surface area contributed by atoms with Crippen molar-refractivity contribution in [2.75, 3.05) is 25.1 Å². The van der Waals surface area contributed by atoms with E-state index in [-0.39, 0.29) is 5.60 Å². The maximum atomic E-state index is 6.37. The second kappa shape index (κ2) is 5.81. The minimum absolute atomic E-state index is 0.0598. The lowest BCUT2D eigenvalue weighted by Gasteiger charge is -2.41. The first-order valence-corrected chi connectivity index (χ1v) is 7.72. The van der Waals surface area contributed by atoms with Crippen molar-refractivity contribution < 1.29 is 4.74 Å². The van der Waals surface area contributed by atoms with Gasteiger partial charge in [0.15, 0.2) is 0 Å². The number of hydrogen-bond donors (Lipinski definition) is 0. The summed E-state index contributed by atoms with van der Waals surface area (Å²) >= 11 is 9.82. The lowest BCUT2D eigenvalue weighted by molar-refractivity contribution is -0.00464. The number of rotatable bonds is 3. The molecule has 0 bridgehead atoms. The summed E-state index contributed by atoms with van der Waals surface area (Å²) in [4.78, 5) is 2.33. The van der Waals surface area contributed by atoms with Gasteiger partial charge in [-0.25, -0.2) is 0 Å². The smallest absolute Gasteiger partial charge is 0.0825 e. The van der Waals surface area contributed by atoms with Crippen molar-refractivity contribution in [1.29, 1.82) is 0 Å². The Morgan fingerprint density at radius 3 is 2.89 bits per heavy atom. The third kappa shape index (κ3) is 3.01. The molecule has 0 amide bonds. The van der Waals surface area contributed by atoms with Gasteiger partial charge in [-0.05, 0) is 37.5 Å². The van der Waals surface area contributed by atoms with Crippen molar-refractivity contribution in [2.45, 2.75) is 30.7 Å². The van der Waals surface area contributed by atoms with Crippen LogP contribution in [-0.2, 0) is 10.1 Å². The normalized spacial score (nSPS) is 24.3. The van der Waals surface area contributed by atoms with Crippen LogP contribution in [0.1, 0.15) is 25.3 Å². The van der Waals surface area contributed by atoms with Gasteiger partial charge in [0, 0.05) is 25.5 Å². The van der Waals surface area contributed by atoms with Gasteiger partial charge in [0.1, 0.15) is 0 Å². The number of anilines is 1. The molecule has 2 rings (SSSR count). The number of alkyl halides is 1. The molecule has 1 unspecified atom stereocenters.